The summed E-state index contributed by atoms with van der Waals surface area (Å²) in [6.07, 6.45) is -0.328. The summed E-state index contributed by atoms with van der Waals surface area (Å²) < 4.78 is 9.98. The van der Waals surface area contributed by atoms with Gasteiger partial charge in [-0.3, -0.25) is 14.4 Å². The van der Waals surface area contributed by atoms with Crippen LogP contribution in [0.1, 0.15) is 45.7 Å². The van der Waals surface area contributed by atoms with Crippen molar-refractivity contribution in [3.05, 3.63) is 34.1 Å². The number of ketones is 2. The lowest BCUT2D eigenvalue weighted by Crippen LogP contribution is -2.48. The molecule has 0 saturated heterocycles. The van der Waals surface area contributed by atoms with E-state index in [9.17, 15) is 29.7 Å². The molecule has 1 aromatic rings. The number of phenols is 2. The van der Waals surface area contributed by atoms with Crippen molar-refractivity contribution < 1.29 is 39.2 Å². The van der Waals surface area contributed by atoms with Crippen LogP contribution in [0.3, 0.4) is 0 Å². The molecule has 0 unspecified atom stereocenters. The van der Waals surface area contributed by atoms with E-state index in [-0.39, 0.29) is 40.9 Å². The van der Waals surface area contributed by atoms with Gasteiger partial charge in [-0.25, -0.2) is 0 Å². The molecule has 26 heavy (non-hydrogen) atoms. The highest BCUT2D eigenvalue weighted by Gasteiger charge is 2.45. The predicted molar refractivity (Wildman–Crippen MR) is 87.1 cm³/mol. The summed E-state index contributed by atoms with van der Waals surface area (Å²) in [7, 11) is 1.21. The molecular weight excluding hydrogens is 344 g/mol. The van der Waals surface area contributed by atoms with E-state index in [0.29, 0.717) is 0 Å². The molecule has 2 aliphatic rings. The van der Waals surface area contributed by atoms with Gasteiger partial charge in [0.25, 0.3) is 0 Å². The number of phenolic OH excluding ortho intramolecular Hbond substituents is 2. The summed E-state index contributed by atoms with van der Waals surface area (Å²) in [6, 6.07) is 0. The molecule has 0 heterocycles. The van der Waals surface area contributed by atoms with E-state index in [2.05, 4.69) is 0 Å². The topological polar surface area (TPSA) is 130 Å². The number of Topliss-reactive ketones (excluding diaryl/α,β-unsaturated/α-hetero) is 1. The Balaban J connectivity index is 2.22. The molecule has 0 spiro atoms. The number of ether oxygens (including phenoxy) is 2. The van der Waals surface area contributed by atoms with Gasteiger partial charge in [0.2, 0.25) is 5.78 Å². The van der Waals surface area contributed by atoms with Crippen LogP contribution in [-0.2, 0) is 27.1 Å². The first-order valence-corrected chi connectivity index (χ1v) is 7.92. The van der Waals surface area contributed by atoms with Crippen molar-refractivity contribution in [3.8, 4) is 11.5 Å². The Morgan fingerprint density at radius 1 is 1.19 bits per heavy atom. The minimum Gasteiger partial charge on any atom is -0.507 e. The van der Waals surface area contributed by atoms with Gasteiger partial charge in [-0.15, -0.1) is 0 Å². The summed E-state index contributed by atoms with van der Waals surface area (Å²) in [5.41, 5.74) is -1.91. The second-order valence-electron chi connectivity index (χ2n) is 6.65. The zero-order chi connectivity index (χ0) is 19.4. The number of esters is 1. The van der Waals surface area contributed by atoms with Crippen LogP contribution in [0.5, 0.6) is 11.5 Å². The number of fused-ring (bicyclic) bond motifs is 2. The van der Waals surface area contributed by atoms with Crippen LogP contribution in [-0.4, -0.2) is 51.7 Å². The molecular formula is C18H18O8. The molecule has 3 N–H and O–H groups in total. The van der Waals surface area contributed by atoms with E-state index in [1.54, 1.807) is 0 Å². The van der Waals surface area contributed by atoms with Gasteiger partial charge in [-0.1, -0.05) is 0 Å². The van der Waals surface area contributed by atoms with Gasteiger partial charge in [0.1, 0.15) is 23.2 Å². The summed E-state index contributed by atoms with van der Waals surface area (Å²) in [4.78, 5) is 36.1. The number of aliphatic hydroxyl groups is 1. The Morgan fingerprint density at radius 3 is 2.38 bits per heavy atom. The summed E-state index contributed by atoms with van der Waals surface area (Å²) in [5, 5.41) is 31.8. The van der Waals surface area contributed by atoms with Crippen molar-refractivity contribution in [1.29, 1.82) is 0 Å². The van der Waals surface area contributed by atoms with Crippen LogP contribution in [0, 0.1) is 0 Å². The molecule has 0 bridgehead atoms. The Hall–Kier alpha value is -2.87. The average molecular weight is 362 g/mol. The number of benzene rings is 1. The third-order valence-electron chi connectivity index (χ3n) is 4.76. The molecule has 2 atom stereocenters. The van der Waals surface area contributed by atoms with Crippen LogP contribution >= 0.6 is 0 Å². The Morgan fingerprint density at radius 2 is 1.81 bits per heavy atom. The lowest BCUT2D eigenvalue weighted by Gasteiger charge is -2.38. The number of hydrogen-bond acceptors (Lipinski definition) is 8. The molecule has 8 heteroatoms. The monoisotopic (exact) mass is 362 g/mol. The van der Waals surface area contributed by atoms with Gasteiger partial charge < -0.3 is 24.8 Å². The number of methoxy groups -OCH3 is 1. The predicted octanol–water partition coefficient (Wildman–Crippen LogP) is 0.788. The molecule has 2 aliphatic carbocycles. The minimum absolute atomic E-state index is 0.114. The lowest BCUT2D eigenvalue weighted by atomic mass is 9.75. The third kappa shape index (κ3) is 2.53. The average Bonchev–Trinajstić information content (AvgIpc) is 2.54. The van der Waals surface area contributed by atoms with Crippen LogP contribution in [0.2, 0.25) is 0 Å². The summed E-state index contributed by atoms with van der Waals surface area (Å²) in [6.45, 7) is 2.61. The summed E-state index contributed by atoms with van der Waals surface area (Å²) >= 11 is 0. The number of carbonyl (C=O) groups excluding carboxylic acids is 3. The largest absolute Gasteiger partial charge is 0.507 e. The zero-order valence-electron chi connectivity index (χ0n) is 14.5. The van der Waals surface area contributed by atoms with Crippen molar-refractivity contribution >= 4 is 17.5 Å². The highest BCUT2D eigenvalue weighted by atomic mass is 16.6. The van der Waals surface area contributed by atoms with E-state index in [0.717, 1.165) is 6.08 Å². The summed E-state index contributed by atoms with van der Waals surface area (Å²) in [5.74, 6) is -3.25. The van der Waals surface area contributed by atoms with E-state index in [1.807, 2.05) is 0 Å². The molecule has 0 aliphatic heterocycles. The van der Waals surface area contributed by atoms with Crippen molar-refractivity contribution in [2.45, 2.75) is 38.4 Å². The van der Waals surface area contributed by atoms with E-state index in [4.69, 9.17) is 9.47 Å². The molecule has 0 aromatic heterocycles. The Bertz CT molecular complexity index is 878. The van der Waals surface area contributed by atoms with Crippen LogP contribution in [0.4, 0.5) is 0 Å². The fourth-order valence-corrected chi connectivity index (χ4v) is 3.47. The maximum atomic E-state index is 12.5. The maximum absolute atomic E-state index is 12.5. The fourth-order valence-electron chi connectivity index (χ4n) is 3.47. The molecule has 138 valence electrons. The standard InChI is InChI=1S/C18H18O8/c1-7(19)26-12-4-8-9(6-18(12,2)24)16(22)14-13(15(8)21)10(20)5-11(25-3)17(14)23/h5,12,21-22,24H,4,6H2,1-3H3/t12-,18+/m0/s1. The lowest BCUT2D eigenvalue weighted by molar-refractivity contribution is -0.162. The first-order chi connectivity index (χ1) is 12.1. The van der Waals surface area contributed by atoms with Gasteiger partial charge in [0.05, 0.1) is 18.2 Å². The highest BCUT2D eigenvalue weighted by molar-refractivity contribution is 6.26. The maximum Gasteiger partial charge on any atom is 0.303 e. The minimum atomic E-state index is -1.53. The smallest absolute Gasteiger partial charge is 0.303 e. The normalized spacial score (nSPS) is 24.5. The van der Waals surface area contributed by atoms with Gasteiger partial charge in [-0.2, -0.15) is 0 Å². The first-order valence-electron chi connectivity index (χ1n) is 7.92. The van der Waals surface area contributed by atoms with Crippen molar-refractivity contribution in [2.24, 2.45) is 0 Å². The van der Waals surface area contributed by atoms with Gasteiger partial charge in [0, 0.05) is 37.0 Å². The van der Waals surface area contributed by atoms with Gasteiger partial charge in [-0.05, 0) is 6.92 Å². The number of allylic oxidation sites excluding steroid dienone is 2. The second-order valence-corrected chi connectivity index (χ2v) is 6.65. The molecule has 1 aromatic carbocycles. The number of aromatic hydroxyl groups is 2. The Labute approximate surface area is 148 Å². The van der Waals surface area contributed by atoms with Crippen molar-refractivity contribution in [1.82, 2.24) is 0 Å². The van der Waals surface area contributed by atoms with E-state index >= 15 is 0 Å². The SMILES string of the molecule is COC1=CC(=O)c2c(O)c3c(c(O)c2C1=O)C[C@@](C)(O)[C@@H](OC(C)=O)C3. The van der Waals surface area contributed by atoms with E-state index in [1.165, 1.54) is 21.0 Å². The number of carbonyl (C=O) groups is 3. The van der Waals surface area contributed by atoms with Crippen molar-refractivity contribution in [2.75, 3.05) is 7.11 Å². The fraction of sp³-hybridized carbons (Fsp3) is 0.389. The molecule has 8 nitrogen and oxygen atoms in total. The van der Waals surface area contributed by atoms with Crippen LogP contribution in [0.15, 0.2) is 11.8 Å². The molecule has 0 saturated carbocycles. The Kier molecular flexibility index (Phi) is 4.03. The second kappa shape index (κ2) is 5.84. The molecule has 3 rings (SSSR count). The third-order valence-corrected chi connectivity index (χ3v) is 4.76. The first kappa shape index (κ1) is 17.9. The zero-order valence-corrected chi connectivity index (χ0v) is 14.5. The molecule has 0 fully saturated rings. The van der Waals surface area contributed by atoms with Crippen molar-refractivity contribution in [3.63, 3.8) is 0 Å². The van der Waals surface area contributed by atoms with E-state index < -0.39 is 40.7 Å². The number of rotatable bonds is 2. The quantitative estimate of drug-likeness (QED) is 0.520. The van der Waals surface area contributed by atoms with Gasteiger partial charge in [0.15, 0.2) is 11.5 Å². The number of hydrogen-bond donors (Lipinski definition) is 3. The van der Waals surface area contributed by atoms with Crippen LogP contribution < -0.4 is 0 Å². The van der Waals surface area contributed by atoms with Crippen LogP contribution in [0.25, 0.3) is 0 Å². The highest BCUT2D eigenvalue weighted by Crippen LogP contribution is 2.46. The molecule has 0 radical (unpaired) electrons. The molecule has 0 amide bonds. The van der Waals surface area contributed by atoms with Gasteiger partial charge >= 0.3 is 5.97 Å².